The van der Waals surface area contributed by atoms with Crippen LogP contribution in [0.5, 0.6) is 0 Å². The Bertz CT molecular complexity index is 632. The van der Waals surface area contributed by atoms with Crippen molar-refractivity contribution in [3.63, 3.8) is 0 Å². The quantitative estimate of drug-likeness (QED) is 0.858. The molecule has 0 atom stereocenters. The van der Waals surface area contributed by atoms with Crippen molar-refractivity contribution in [2.45, 2.75) is 0 Å². The summed E-state index contributed by atoms with van der Waals surface area (Å²) in [5.41, 5.74) is 1.90. The van der Waals surface area contributed by atoms with Gasteiger partial charge in [0.1, 0.15) is 0 Å². The molecule has 0 saturated heterocycles. The van der Waals surface area contributed by atoms with Crippen LogP contribution in [0.2, 0.25) is 0 Å². The van der Waals surface area contributed by atoms with E-state index < -0.39 is 5.97 Å². The van der Waals surface area contributed by atoms with Gasteiger partial charge in [-0.05, 0) is 24.3 Å². The summed E-state index contributed by atoms with van der Waals surface area (Å²) in [5.74, 6) is -1.03. The lowest BCUT2D eigenvalue weighted by Crippen LogP contribution is -1.99. The highest BCUT2D eigenvalue weighted by Gasteiger charge is 2.04. The number of nitrogens with zero attached hydrogens (tertiary/aromatic N) is 2. The second kappa shape index (κ2) is 4.97. The Balaban J connectivity index is 2.26. The highest BCUT2D eigenvalue weighted by atomic mass is 16.4. The number of hydrogen-bond donors (Lipinski definition) is 2. The van der Waals surface area contributed by atoms with Gasteiger partial charge in [-0.25, -0.2) is 4.79 Å². The lowest BCUT2D eigenvalue weighted by molar-refractivity contribution is 0.0696. The third-order valence-electron chi connectivity index (χ3n) is 2.27. The number of pyridine rings is 1. The molecule has 1 aromatic carbocycles. The normalized spacial score (nSPS) is 9.50. The highest BCUT2D eigenvalue weighted by Crippen LogP contribution is 2.17. The molecule has 0 spiro atoms. The van der Waals surface area contributed by atoms with Crippen molar-refractivity contribution < 1.29 is 9.90 Å². The third kappa shape index (κ3) is 2.62. The van der Waals surface area contributed by atoms with Crippen LogP contribution in [0.25, 0.3) is 0 Å². The molecule has 0 aliphatic carbocycles. The number of benzene rings is 1. The Hall–Kier alpha value is -2.87. The number of carboxylic acids is 1. The van der Waals surface area contributed by atoms with Gasteiger partial charge in [-0.2, -0.15) is 5.26 Å². The molecule has 0 aliphatic heterocycles. The summed E-state index contributed by atoms with van der Waals surface area (Å²) in [5, 5.41) is 20.6. The zero-order valence-electron chi connectivity index (χ0n) is 9.29. The lowest BCUT2D eigenvalue weighted by Gasteiger charge is -2.06. The van der Waals surface area contributed by atoms with Crippen molar-refractivity contribution in [1.82, 2.24) is 4.98 Å². The first kappa shape index (κ1) is 11.6. The van der Waals surface area contributed by atoms with Crippen LogP contribution in [0.4, 0.5) is 11.4 Å². The number of rotatable bonds is 3. The molecule has 0 radical (unpaired) electrons. The number of carbonyl (C=O) groups is 1. The maximum Gasteiger partial charge on any atom is 0.337 e. The van der Waals surface area contributed by atoms with Crippen molar-refractivity contribution in [1.29, 1.82) is 5.26 Å². The van der Waals surface area contributed by atoms with Gasteiger partial charge in [0.25, 0.3) is 0 Å². The molecule has 0 unspecified atom stereocenters. The Labute approximate surface area is 103 Å². The van der Waals surface area contributed by atoms with Crippen LogP contribution in [0.3, 0.4) is 0 Å². The lowest BCUT2D eigenvalue weighted by atomic mass is 10.2. The number of aromatic nitrogens is 1. The number of aromatic carboxylic acids is 1. The number of anilines is 2. The monoisotopic (exact) mass is 239 g/mol. The molecule has 0 amide bonds. The predicted octanol–water partition coefficient (Wildman–Crippen LogP) is 2.40. The number of nitrogens with one attached hydrogen (secondary N) is 1. The minimum atomic E-state index is -1.03. The summed E-state index contributed by atoms with van der Waals surface area (Å²) in [4.78, 5) is 14.6. The van der Waals surface area contributed by atoms with Gasteiger partial charge < -0.3 is 10.4 Å². The molecule has 1 aromatic heterocycles. The Morgan fingerprint density at radius 2 is 2.11 bits per heavy atom. The molecular formula is C13H9N3O2. The topological polar surface area (TPSA) is 86.0 Å². The van der Waals surface area contributed by atoms with Gasteiger partial charge in [-0.3, -0.25) is 4.98 Å². The SMILES string of the molecule is N#Cc1cccc(Nc2cncc(C(=O)O)c2)c1. The Morgan fingerprint density at radius 3 is 2.83 bits per heavy atom. The molecular weight excluding hydrogens is 230 g/mol. The fourth-order valence-corrected chi connectivity index (χ4v) is 1.46. The van der Waals surface area contributed by atoms with Gasteiger partial charge in [0.2, 0.25) is 0 Å². The van der Waals surface area contributed by atoms with E-state index in [2.05, 4.69) is 10.3 Å². The average molecular weight is 239 g/mol. The molecule has 0 aliphatic rings. The Kier molecular flexibility index (Phi) is 3.21. The summed E-state index contributed by atoms with van der Waals surface area (Å²) < 4.78 is 0. The van der Waals surface area contributed by atoms with Crippen molar-refractivity contribution in [3.05, 3.63) is 53.9 Å². The summed E-state index contributed by atoms with van der Waals surface area (Å²) in [6.07, 6.45) is 2.80. The van der Waals surface area contributed by atoms with Gasteiger partial charge >= 0.3 is 5.97 Å². The fourth-order valence-electron chi connectivity index (χ4n) is 1.46. The number of carboxylic acid groups (broad SMARTS) is 1. The van der Waals surface area contributed by atoms with E-state index in [0.29, 0.717) is 16.9 Å². The predicted molar refractivity (Wildman–Crippen MR) is 65.6 cm³/mol. The average Bonchev–Trinajstić information content (AvgIpc) is 2.39. The smallest absolute Gasteiger partial charge is 0.337 e. The largest absolute Gasteiger partial charge is 0.478 e. The maximum atomic E-state index is 10.8. The molecule has 0 fully saturated rings. The molecule has 2 aromatic rings. The molecule has 18 heavy (non-hydrogen) atoms. The molecule has 1 heterocycles. The summed E-state index contributed by atoms with van der Waals surface area (Å²) in [6.45, 7) is 0. The zero-order valence-corrected chi connectivity index (χ0v) is 9.29. The molecule has 5 heteroatoms. The fraction of sp³-hybridized carbons (Fsp3) is 0. The van der Waals surface area contributed by atoms with Crippen molar-refractivity contribution in [2.24, 2.45) is 0 Å². The first-order valence-electron chi connectivity index (χ1n) is 5.14. The minimum Gasteiger partial charge on any atom is -0.478 e. The molecule has 0 saturated carbocycles. The van der Waals surface area contributed by atoms with E-state index in [4.69, 9.17) is 10.4 Å². The van der Waals surface area contributed by atoms with Crippen LogP contribution < -0.4 is 5.32 Å². The van der Waals surface area contributed by atoms with Gasteiger partial charge in [0, 0.05) is 11.9 Å². The van der Waals surface area contributed by atoms with Crippen LogP contribution in [-0.2, 0) is 0 Å². The second-order valence-corrected chi connectivity index (χ2v) is 3.59. The highest BCUT2D eigenvalue weighted by molar-refractivity contribution is 5.88. The first-order chi connectivity index (χ1) is 8.69. The van der Waals surface area contributed by atoms with E-state index in [9.17, 15) is 4.79 Å². The molecule has 2 N–H and O–H groups in total. The van der Waals surface area contributed by atoms with E-state index in [0.717, 1.165) is 0 Å². The van der Waals surface area contributed by atoms with Gasteiger partial charge in [-0.1, -0.05) is 6.07 Å². The van der Waals surface area contributed by atoms with Gasteiger partial charge in [0.15, 0.2) is 0 Å². The maximum absolute atomic E-state index is 10.8. The number of nitriles is 1. The zero-order chi connectivity index (χ0) is 13.0. The van der Waals surface area contributed by atoms with Crippen LogP contribution in [0.1, 0.15) is 15.9 Å². The van der Waals surface area contributed by atoms with Crippen LogP contribution in [0.15, 0.2) is 42.7 Å². The molecule has 88 valence electrons. The van der Waals surface area contributed by atoms with Crippen molar-refractivity contribution >= 4 is 17.3 Å². The van der Waals surface area contributed by atoms with Crippen LogP contribution in [0, 0.1) is 11.3 Å². The van der Waals surface area contributed by atoms with E-state index in [1.165, 1.54) is 18.5 Å². The summed E-state index contributed by atoms with van der Waals surface area (Å²) in [6, 6.07) is 10.4. The van der Waals surface area contributed by atoms with E-state index in [1.54, 1.807) is 24.3 Å². The third-order valence-corrected chi connectivity index (χ3v) is 2.27. The van der Waals surface area contributed by atoms with Crippen molar-refractivity contribution in [3.8, 4) is 6.07 Å². The van der Waals surface area contributed by atoms with Crippen molar-refractivity contribution in [2.75, 3.05) is 5.32 Å². The van der Waals surface area contributed by atoms with Crippen LogP contribution in [-0.4, -0.2) is 16.1 Å². The molecule has 5 nitrogen and oxygen atoms in total. The van der Waals surface area contributed by atoms with Crippen LogP contribution >= 0.6 is 0 Å². The van der Waals surface area contributed by atoms with Gasteiger partial charge in [0.05, 0.1) is 29.1 Å². The van der Waals surface area contributed by atoms with E-state index >= 15 is 0 Å². The molecule has 0 bridgehead atoms. The number of hydrogen-bond acceptors (Lipinski definition) is 4. The standard InChI is InChI=1S/C13H9N3O2/c14-6-9-2-1-3-11(4-9)16-12-5-10(13(17)18)7-15-8-12/h1-5,7-8,16H,(H,17,18). The minimum absolute atomic E-state index is 0.108. The Morgan fingerprint density at radius 1 is 1.28 bits per heavy atom. The molecule has 2 rings (SSSR count). The van der Waals surface area contributed by atoms with Gasteiger partial charge in [-0.15, -0.1) is 0 Å². The van der Waals surface area contributed by atoms with E-state index in [1.807, 2.05) is 6.07 Å². The van der Waals surface area contributed by atoms with E-state index in [-0.39, 0.29) is 5.56 Å². The summed E-state index contributed by atoms with van der Waals surface area (Å²) in [7, 11) is 0. The first-order valence-corrected chi connectivity index (χ1v) is 5.14. The summed E-state index contributed by atoms with van der Waals surface area (Å²) >= 11 is 0. The second-order valence-electron chi connectivity index (χ2n) is 3.59.